The molecule has 0 spiro atoms. The Hall–Kier alpha value is -1.52. The normalized spacial score (nSPS) is 12.2. The van der Waals surface area contributed by atoms with Crippen LogP contribution in [0.15, 0.2) is 48.5 Å². The third-order valence-corrected chi connectivity index (χ3v) is 4.03. The Balaban J connectivity index is 1.95. The Morgan fingerprint density at radius 1 is 1.20 bits per heavy atom. The van der Waals surface area contributed by atoms with E-state index in [0.29, 0.717) is 17.1 Å². The van der Waals surface area contributed by atoms with Gasteiger partial charge in [0.05, 0.1) is 13.2 Å². The average Bonchev–Trinajstić information content (AvgIpc) is 2.48. The van der Waals surface area contributed by atoms with Gasteiger partial charge in [0.2, 0.25) is 0 Å². The summed E-state index contributed by atoms with van der Waals surface area (Å²) in [4.78, 5) is 0. The van der Waals surface area contributed by atoms with Crippen LogP contribution in [0.25, 0.3) is 0 Å². The van der Waals surface area contributed by atoms with E-state index in [2.05, 4.69) is 0 Å². The molecular formula is C16H17FO2S. The molecule has 2 aromatic rings. The summed E-state index contributed by atoms with van der Waals surface area (Å²) < 4.78 is 18.4. The summed E-state index contributed by atoms with van der Waals surface area (Å²) in [6.45, 7) is 0. The van der Waals surface area contributed by atoms with Gasteiger partial charge in [0.25, 0.3) is 0 Å². The van der Waals surface area contributed by atoms with Crippen molar-refractivity contribution in [1.82, 2.24) is 0 Å². The maximum Gasteiger partial charge on any atom is 0.124 e. The Labute approximate surface area is 122 Å². The van der Waals surface area contributed by atoms with Crippen LogP contribution in [0.2, 0.25) is 0 Å². The van der Waals surface area contributed by atoms with Crippen molar-refractivity contribution in [2.45, 2.75) is 11.9 Å². The molecule has 0 saturated carbocycles. The lowest BCUT2D eigenvalue weighted by Gasteiger charge is -2.14. The number of benzene rings is 2. The van der Waals surface area contributed by atoms with Crippen molar-refractivity contribution in [3.05, 3.63) is 65.5 Å². The van der Waals surface area contributed by atoms with Crippen LogP contribution in [0.1, 0.15) is 17.2 Å². The van der Waals surface area contributed by atoms with Crippen molar-refractivity contribution >= 4 is 11.8 Å². The predicted octanol–water partition coefficient (Wildman–Crippen LogP) is 3.80. The molecule has 106 valence electrons. The lowest BCUT2D eigenvalue weighted by Crippen LogP contribution is -2.04. The van der Waals surface area contributed by atoms with Crippen molar-refractivity contribution in [2.24, 2.45) is 0 Å². The van der Waals surface area contributed by atoms with Crippen LogP contribution in [0.5, 0.6) is 5.75 Å². The van der Waals surface area contributed by atoms with Crippen LogP contribution < -0.4 is 4.74 Å². The molecule has 1 atom stereocenters. The van der Waals surface area contributed by atoms with Crippen molar-refractivity contribution in [3.63, 3.8) is 0 Å². The van der Waals surface area contributed by atoms with Gasteiger partial charge in [-0.3, -0.25) is 0 Å². The second kappa shape index (κ2) is 7.31. The molecule has 1 N–H and O–H groups in total. The van der Waals surface area contributed by atoms with Gasteiger partial charge in [-0.05, 0) is 23.8 Å². The molecule has 0 aromatic heterocycles. The van der Waals surface area contributed by atoms with Crippen LogP contribution in [0.3, 0.4) is 0 Å². The van der Waals surface area contributed by atoms with E-state index in [0.717, 1.165) is 5.75 Å². The first-order valence-corrected chi connectivity index (χ1v) is 7.49. The summed E-state index contributed by atoms with van der Waals surface area (Å²) in [5.74, 6) is 1.46. The number of aliphatic hydroxyl groups excluding tert-OH is 1. The number of aliphatic hydroxyl groups is 1. The number of methoxy groups -OCH3 is 1. The molecule has 0 aliphatic heterocycles. The van der Waals surface area contributed by atoms with E-state index in [1.807, 2.05) is 30.3 Å². The second-order valence-corrected chi connectivity index (χ2v) is 5.43. The lowest BCUT2D eigenvalue weighted by atomic mass is 10.1. The van der Waals surface area contributed by atoms with E-state index in [4.69, 9.17) is 4.74 Å². The van der Waals surface area contributed by atoms with E-state index in [-0.39, 0.29) is 5.82 Å². The Bertz CT molecular complexity index is 545. The smallest absolute Gasteiger partial charge is 0.124 e. The van der Waals surface area contributed by atoms with E-state index < -0.39 is 6.10 Å². The largest absolute Gasteiger partial charge is 0.496 e. The molecule has 0 aliphatic rings. The summed E-state index contributed by atoms with van der Waals surface area (Å²) in [6, 6.07) is 14.2. The minimum absolute atomic E-state index is 0.368. The van der Waals surface area contributed by atoms with Gasteiger partial charge in [0.1, 0.15) is 11.6 Å². The summed E-state index contributed by atoms with van der Waals surface area (Å²) in [7, 11) is 1.51. The van der Waals surface area contributed by atoms with Gasteiger partial charge >= 0.3 is 0 Å². The van der Waals surface area contributed by atoms with Gasteiger partial charge in [0.15, 0.2) is 0 Å². The number of ether oxygens (including phenoxy) is 1. The van der Waals surface area contributed by atoms with Gasteiger partial charge in [0, 0.05) is 17.1 Å². The molecule has 0 saturated heterocycles. The van der Waals surface area contributed by atoms with Crippen molar-refractivity contribution in [1.29, 1.82) is 0 Å². The Morgan fingerprint density at radius 3 is 2.65 bits per heavy atom. The fourth-order valence-electron chi connectivity index (χ4n) is 1.92. The maximum absolute atomic E-state index is 13.3. The highest BCUT2D eigenvalue weighted by molar-refractivity contribution is 7.98. The highest BCUT2D eigenvalue weighted by Crippen LogP contribution is 2.29. The number of rotatable bonds is 6. The first-order valence-electron chi connectivity index (χ1n) is 6.34. The van der Waals surface area contributed by atoms with Crippen LogP contribution in [-0.4, -0.2) is 18.0 Å². The summed E-state index contributed by atoms with van der Waals surface area (Å²) in [5.41, 5.74) is 1.70. The fraction of sp³-hybridized carbons (Fsp3) is 0.250. The van der Waals surface area contributed by atoms with E-state index >= 15 is 0 Å². The SMILES string of the molecule is COc1ccc(F)cc1[C@@H](O)CSCc1ccccc1. The zero-order chi connectivity index (χ0) is 14.4. The third kappa shape index (κ3) is 3.99. The Kier molecular flexibility index (Phi) is 5.44. The third-order valence-electron chi connectivity index (χ3n) is 2.94. The van der Waals surface area contributed by atoms with Crippen LogP contribution >= 0.6 is 11.8 Å². The van der Waals surface area contributed by atoms with E-state index in [1.54, 1.807) is 11.8 Å². The molecule has 0 unspecified atom stereocenters. The molecule has 20 heavy (non-hydrogen) atoms. The van der Waals surface area contributed by atoms with E-state index in [9.17, 15) is 9.50 Å². The molecule has 0 aliphatic carbocycles. The summed E-state index contributed by atoms with van der Waals surface area (Å²) in [6.07, 6.45) is -0.741. The molecule has 2 aromatic carbocycles. The van der Waals surface area contributed by atoms with Crippen molar-refractivity contribution < 1.29 is 14.2 Å². The summed E-state index contributed by atoms with van der Waals surface area (Å²) >= 11 is 1.61. The zero-order valence-electron chi connectivity index (χ0n) is 11.3. The molecule has 0 bridgehead atoms. The summed E-state index contributed by atoms with van der Waals surface area (Å²) in [5, 5.41) is 10.2. The number of hydrogen-bond acceptors (Lipinski definition) is 3. The van der Waals surface area contributed by atoms with Crippen molar-refractivity contribution in [3.8, 4) is 5.75 Å². The fourth-order valence-corrected chi connectivity index (χ4v) is 2.87. The average molecular weight is 292 g/mol. The zero-order valence-corrected chi connectivity index (χ0v) is 12.1. The minimum Gasteiger partial charge on any atom is -0.496 e. The molecule has 0 heterocycles. The minimum atomic E-state index is -0.741. The van der Waals surface area contributed by atoms with Crippen LogP contribution in [-0.2, 0) is 5.75 Å². The molecule has 0 fully saturated rings. The molecule has 2 nitrogen and oxygen atoms in total. The predicted molar refractivity (Wildman–Crippen MR) is 80.5 cm³/mol. The Morgan fingerprint density at radius 2 is 1.95 bits per heavy atom. The standard InChI is InChI=1S/C16H17FO2S/c1-19-16-8-7-13(17)9-14(16)15(18)11-20-10-12-5-3-2-4-6-12/h2-9,15,18H,10-11H2,1H3/t15-/m0/s1. The van der Waals surface area contributed by atoms with Crippen LogP contribution in [0, 0.1) is 5.82 Å². The quantitative estimate of drug-likeness (QED) is 0.878. The molecule has 4 heteroatoms. The topological polar surface area (TPSA) is 29.5 Å². The maximum atomic E-state index is 13.3. The van der Waals surface area contributed by atoms with Gasteiger partial charge in [-0.25, -0.2) is 4.39 Å². The number of halogens is 1. The highest BCUT2D eigenvalue weighted by Gasteiger charge is 2.14. The van der Waals surface area contributed by atoms with Crippen molar-refractivity contribution in [2.75, 3.05) is 12.9 Å². The first kappa shape index (κ1) is 14.9. The highest BCUT2D eigenvalue weighted by atomic mass is 32.2. The monoisotopic (exact) mass is 292 g/mol. The van der Waals surface area contributed by atoms with Gasteiger partial charge in [-0.15, -0.1) is 0 Å². The van der Waals surface area contributed by atoms with Crippen LogP contribution in [0.4, 0.5) is 4.39 Å². The van der Waals surface area contributed by atoms with Gasteiger partial charge in [-0.2, -0.15) is 11.8 Å². The molecular weight excluding hydrogens is 275 g/mol. The number of thioether (sulfide) groups is 1. The van der Waals surface area contributed by atoms with Gasteiger partial charge in [-0.1, -0.05) is 30.3 Å². The molecule has 2 rings (SSSR count). The number of hydrogen-bond donors (Lipinski definition) is 1. The molecule has 0 amide bonds. The van der Waals surface area contributed by atoms with Gasteiger partial charge < -0.3 is 9.84 Å². The molecule has 0 radical (unpaired) electrons. The first-order chi connectivity index (χ1) is 9.70. The van der Waals surface area contributed by atoms with E-state index in [1.165, 1.54) is 30.9 Å². The lowest BCUT2D eigenvalue weighted by molar-refractivity contribution is 0.198. The second-order valence-electron chi connectivity index (χ2n) is 4.40.